The molecule has 1 N–H and O–H groups in total. The van der Waals surface area contributed by atoms with Crippen LogP contribution in [0.4, 0.5) is 23.4 Å². The Morgan fingerprint density at radius 2 is 1.90 bits per heavy atom. The third kappa shape index (κ3) is 4.42. The highest BCUT2D eigenvalue weighted by molar-refractivity contribution is 5.82. The van der Waals surface area contributed by atoms with E-state index in [1.807, 2.05) is 6.92 Å². The highest BCUT2D eigenvalue weighted by Gasteiger charge is 2.35. The molecule has 0 unspecified atom stereocenters. The molecule has 0 radical (unpaired) electrons. The van der Waals surface area contributed by atoms with Crippen LogP contribution in [0.5, 0.6) is 0 Å². The average molecular weight is 423 g/mol. The molecule has 0 bridgehead atoms. The largest absolute Gasteiger partial charge is 0.421 e. The molecule has 0 amide bonds. The number of aromatic nitrogens is 4. The summed E-state index contributed by atoms with van der Waals surface area (Å²) in [5.74, 6) is -1.48. The van der Waals surface area contributed by atoms with Gasteiger partial charge in [-0.2, -0.15) is 13.2 Å². The highest BCUT2D eigenvalue weighted by atomic mass is 19.4. The number of rotatable bonds is 7. The summed E-state index contributed by atoms with van der Waals surface area (Å²) >= 11 is 0. The predicted molar refractivity (Wildman–Crippen MR) is 106 cm³/mol. The molecule has 0 saturated heterocycles. The Morgan fingerprint density at radius 1 is 1.13 bits per heavy atom. The molecule has 0 saturated carbocycles. The number of nitrogens with zero attached hydrogens (tertiary/aromatic N) is 4. The van der Waals surface area contributed by atoms with Gasteiger partial charge in [0.05, 0.1) is 22.8 Å². The molecule has 3 rings (SSSR count). The molecule has 30 heavy (non-hydrogen) atoms. The zero-order chi connectivity index (χ0) is 21.9. The molecule has 0 aliphatic rings. The summed E-state index contributed by atoms with van der Waals surface area (Å²) in [6, 6.07) is 2.31. The topological polar surface area (TPSA) is 72.7 Å². The molecule has 3 aromatic rings. The minimum atomic E-state index is -4.65. The van der Waals surface area contributed by atoms with E-state index in [1.54, 1.807) is 6.92 Å². The van der Waals surface area contributed by atoms with Gasteiger partial charge >= 0.3 is 6.18 Å². The Balaban J connectivity index is 2.06. The number of hydrogen-bond acceptors (Lipinski definition) is 5. The third-order valence-electron chi connectivity index (χ3n) is 4.59. The minimum absolute atomic E-state index is 0.0917. The van der Waals surface area contributed by atoms with Crippen LogP contribution in [0.25, 0.3) is 22.3 Å². The molecule has 10 heteroatoms. The molecule has 0 aliphatic heterocycles. The van der Waals surface area contributed by atoms with Gasteiger partial charge in [-0.25, -0.2) is 19.3 Å². The van der Waals surface area contributed by atoms with Crippen molar-refractivity contribution in [2.75, 3.05) is 11.9 Å². The van der Waals surface area contributed by atoms with Crippen molar-refractivity contribution in [3.8, 4) is 11.4 Å². The maximum Gasteiger partial charge on any atom is 0.421 e. The van der Waals surface area contributed by atoms with Gasteiger partial charge in [0.1, 0.15) is 17.2 Å². The first-order chi connectivity index (χ1) is 14.3. The van der Waals surface area contributed by atoms with Gasteiger partial charge in [-0.15, -0.1) is 0 Å². The quantitative estimate of drug-likeness (QED) is 0.443. The molecule has 160 valence electrons. The first-order valence-corrected chi connectivity index (χ1v) is 9.63. The number of nitrogens with one attached hydrogen (secondary N) is 1. The minimum Gasteiger partial charge on any atom is -0.370 e. The van der Waals surface area contributed by atoms with E-state index >= 15 is 0 Å². The van der Waals surface area contributed by atoms with Gasteiger partial charge < -0.3 is 5.32 Å². The summed E-state index contributed by atoms with van der Waals surface area (Å²) < 4.78 is 55.6. The van der Waals surface area contributed by atoms with Crippen LogP contribution in [0.15, 0.2) is 29.5 Å². The van der Waals surface area contributed by atoms with E-state index in [1.165, 1.54) is 17.0 Å². The van der Waals surface area contributed by atoms with Crippen molar-refractivity contribution in [2.24, 2.45) is 0 Å². The van der Waals surface area contributed by atoms with Gasteiger partial charge in [0.25, 0.3) is 5.56 Å². The predicted octanol–water partition coefficient (Wildman–Crippen LogP) is 4.63. The van der Waals surface area contributed by atoms with E-state index in [4.69, 9.17) is 0 Å². The van der Waals surface area contributed by atoms with Crippen LogP contribution in [0.2, 0.25) is 0 Å². The Labute approximate surface area is 170 Å². The number of anilines is 1. The smallest absolute Gasteiger partial charge is 0.370 e. The fourth-order valence-electron chi connectivity index (χ4n) is 3.06. The van der Waals surface area contributed by atoms with Gasteiger partial charge in [0.15, 0.2) is 5.82 Å². The zero-order valence-electron chi connectivity index (χ0n) is 16.6. The van der Waals surface area contributed by atoms with E-state index in [2.05, 4.69) is 20.3 Å². The summed E-state index contributed by atoms with van der Waals surface area (Å²) in [5.41, 5.74) is -1.33. The number of alkyl halides is 3. The number of benzene rings is 1. The van der Waals surface area contributed by atoms with Crippen molar-refractivity contribution in [3.63, 3.8) is 0 Å². The summed E-state index contributed by atoms with van der Waals surface area (Å²) in [6.07, 6.45) is 0.106. The molecule has 0 spiro atoms. The molecule has 2 heterocycles. The zero-order valence-corrected chi connectivity index (χ0v) is 16.6. The maximum absolute atomic E-state index is 14.8. The summed E-state index contributed by atoms with van der Waals surface area (Å²) in [6.45, 7) is 4.34. The van der Waals surface area contributed by atoms with Crippen LogP contribution < -0.4 is 10.9 Å². The van der Waals surface area contributed by atoms with E-state index < -0.39 is 23.4 Å². The lowest BCUT2D eigenvalue weighted by atomic mass is 10.1. The third-order valence-corrected chi connectivity index (χ3v) is 4.59. The summed E-state index contributed by atoms with van der Waals surface area (Å²) in [5, 5.41) is 2.62. The average Bonchev–Trinajstić information content (AvgIpc) is 2.69. The van der Waals surface area contributed by atoms with Gasteiger partial charge in [-0.05, 0) is 25.5 Å². The van der Waals surface area contributed by atoms with Gasteiger partial charge in [0.2, 0.25) is 0 Å². The number of unbranched alkanes of at least 4 members (excludes halogenated alkanes) is 2. The standard InChI is InChI=1S/C20H21F4N5O/c1-3-5-6-7-29-11-27-16-9-12(15(21)8-13(16)19(29)30)17-26-10-14(20(22,23)24)18(28-17)25-4-2/h8-11H,3-7H2,1-2H3,(H,25,26,28). The molecule has 6 nitrogen and oxygen atoms in total. The van der Waals surface area contributed by atoms with Gasteiger partial charge in [-0.1, -0.05) is 19.8 Å². The van der Waals surface area contributed by atoms with Crippen molar-refractivity contribution in [1.82, 2.24) is 19.5 Å². The second-order valence-electron chi connectivity index (χ2n) is 6.78. The molecule has 2 aromatic heterocycles. The van der Waals surface area contributed by atoms with Gasteiger partial charge in [0, 0.05) is 19.3 Å². The molecular formula is C20H21F4N5O. The first-order valence-electron chi connectivity index (χ1n) is 9.63. The summed E-state index contributed by atoms with van der Waals surface area (Å²) in [4.78, 5) is 24.4. The maximum atomic E-state index is 14.8. The first kappa shape index (κ1) is 21.7. The van der Waals surface area contributed by atoms with Crippen LogP contribution in [-0.2, 0) is 12.7 Å². The van der Waals surface area contributed by atoms with Crippen molar-refractivity contribution >= 4 is 16.7 Å². The number of halogens is 4. The van der Waals surface area contributed by atoms with Crippen LogP contribution in [-0.4, -0.2) is 26.1 Å². The Morgan fingerprint density at radius 3 is 2.57 bits per heavy atom. The van der Waals surface area contributed by atoms with Crippen molar-refractivity contribution in [1.29, 1.82) is 0 Å². The van der Waals surface area contributed by atoms with Crippen LogP contribution in [0.3, 0.4) is 0 Å². The van der Waals surface area contributed by atoms with E-state index in [9.17, 15) is 22.4 Å². The Kier molecular flexibility index (Phi) is 6.33. The lowest BCUT2D eigenvalue weighted by Crippen LogP contribution is -2.21. The van der Waals surface area contributed by atoms with Gasteiger partial charge in [-0.3, -0.25) is 9.36 Å². The number of fused-ring (bicyclic) bond motifs is 1. The van der Waals surface area contributed by atoms with Crippen LogP contribution >= 0.6 is 0 Å². The molecule has 0 aliphatic carbocycles. The Hall–Kier alpha value is -3.04. The summed E-state index contributed by atoms with van der Waals surface area (Å²) in [7, 11) is 0. The van der Waals surface area contributed by atoms with E-state index in [0.717, 1.165) is 25.3 Å². The van der Waals surface area contributed by atoms with Crippen LogP contribution in [0, 0.1) is 5.82 Å². The molecule has 0 atom stereocenters. The fourth-order valence-corrected chi connectivity index (χ4v) is 3.06. The molecular weight excluding hydrogens is 402 g/mol. The molecule has 1 aromatic carbocycles. The lowest BCUT2D eigenvalue weighted by Gasteiger charge is -2.14. The monoisotopic (exact) mass is 423 g/mol. The van der Waals surface area contributed by atoms with Crippen LogP contribution in [0.1, 0.15) is 38.7 Å². The SMILES string of the molecule is CCCCCn1cnc2cc(-c3ncc(C(F)(F)F)c(NCC)n3)c(F)cc2c1=O. The number of aryl methyl sites for hydroxylation is 1. The fraction of sp³-hybridized carbons (Fsp3) is 0.400. The number of hydrogen-bond donors (Lipinski definition) is 1. The second kappa shape index (κ2) is 8.76. The van der Waals surface area contributed by atoms with Crippen molar-refractivity contribution < 1.29 is 17.6 Å². The lowest BCUT2D eigenvalue weighted by molar-refractivity contribution is -0.137. The van der Waals surface area contributed by atoms with Crippen molar-refractivity contribution in [2.45, 2.75) is 45.8 Å². The Bertz CT molecular complexity index is 1110. The van der Waals surface area contributed by atoms with Crippen molar-refractivity contribution in [3.05, 3.63) is 46.4 Å². The van der Waals surface area contributed by atoms with E-state index in [-0.39, 0.29) is 34.4 Å². The molecule has 0 fully saturated rings. The van der Waals surface area contributed by atoms with E-state index in [0.29, 0.717) is 12.7 Å². The normalized spacial score (nSPS) is 11.8. The second-order valence-corrected chi connectivity index (χ2v) is 6.78. The highest BCUT2D eigenvalue weighted by Crippen LogP contribution is 2.34.